The highest BCUT2D eigenvalue weighted by atomic mass is 19.1. The van der Waals surface area contributed by atoms with E-state index in [1.54, 1.807) is 20.8 Å². The molecule has 0 bridgehead atoms. The number of halogens is 1. The van der Waals surface area contributed by atoms with Gasteiger partial charge < -0.3 is 9.47 Å². The van der Waals surface area contributed by atoms with E-state index in [2.05, 4.69) is 10.1 Å². The third-order valence-electron chi connectivity index (χ3n) is 2.21. The zero-order chi connectivity index (χ0) is 14.6. The third kappa shape index (κ3) is 3.94. The molecule has 0 saturated carbocycles. The van der Waals surface area contributed by atoms with E-state index >= 15 is 0 Å². The number of carbonyl (C=O) groups excluding carboxylic acids is 2. The van der Waals surface area contributed by atoms with Crippen LogP contribution in [-0.4, -0.2) is 25.3 Å². The molecule has 1 amide bonds. The van der Waals surface area contributed by atoms with Crippen LogP contribution in [0.15, 0.2) is 12.1 Å². The molecule has 0 aliphatic rings. The van der Waals surface area contributed by atoms with Gasteiger partial charge >= 0.3 is 12.1 Å². The second kappa shape index (κ2) is 6.17. The van der Waals surface area contributed by atoms with Crippen molar-refractivity contribution in [1.82, 2.24) is 0 Å². The summed E-state index contributed by atoms with van der Waals surface area (Å²) >= 11 is 0. The van der Waals surface area contributed by atoms with Crippen molar-refractivity contribution >= 4 is 17.7 Å². The zero-order valence-corrected chi connectivity index (χ0v) is 11.2. The first kappa shape index (κ1) is 14.9. The summed E-state index contributed by atoms with van der Waals surface area (Å²) in [5, 5.41) is 2.22. The molecule has 19 heavy (non-hydrogen) atoms. The van der Waals surface area contributed by atoms with Crippen molar-refractivity contribution in [2.24, 2.45) is 0 Å². The maximum Gasteiger partial charge on any atom is 0.411 e. The smallest absolute Gasteiger partial charge is 0.411 e. The highest BCUT2D eigenvalue weighted by Crippen LogP contribution is 2.23. The number of carbonyl (C=O) groups is 2. The van der Waals surface area contributed by atoms with Crippen molar-refractivity contribution < 1.29 is 23.5 Å². The number of hydrogen-bond donors (Lipinski definition) is 1. The molecule has 6 heteroatoms. The Morgan fingerprint density at radius 1 is 1.32 bits per heavy atom. The quantitative estimate of drug-likeness (QED) is 0.857. The van der Waals surface area contributed by atoms with Crippen LogP contribution in [0.2, 0.25) is 0 Å². The fourth-order valence-electron chi connectivity index (χ4n) is 1.49. The Hall–Kier alpha value is -2.11. The van der Waals surface area contributed by atoms with Crippen LogP contribution in [0.5, 0.6) is 0 Å². The van der Waals surface area contributed by atoms with Crippen molar-refractivity contribution in [2.45, 2.75) is 26.9 Å². The van der Waals surface area contributed by atoms with E-state index in [1.165, 1.54) is 19.2 Å². The molecule has 1 N–H and O–H groups in total. The van der Waals surface area contributed by atoms with Crippen molar-refractivity contribution in [2.75, 3.05) is 12.4 Å². The lowest BCUT2D eigenvalue weighted by Crippen LogP contribution is -2.21. The largest absolute Gasteiger partial charge is 0.465 e. The van der Waals surface area contributed by atoms with E-state index < -0.39 is 17.9 Å². The molecule has 0 unspecified atom stereocenters. The SMILES string of the molecule is COC(=O)c1cc(C)cc(F)c1NC(=O)OC(C)C. The summed E-state index contributed by atoms with van der Waals surface area (Å²) < 4.78 is 23.2. The summed E-state index contributed by atoms with van der Waals surface area (Å²) in [6, 6.07) is 2.64. The zero-order valence-electron chi connectivity index (χ0n) is 11.2. The Morgan fingerprint density at radius 3 is 2.47 bits per heavy atom. The number of anilines is 1. The van der Waals surface area contributed by atoms with E-state index in [9.17, 15) is 14.0 Å². The van der Waals surface area contributed by atoms with Crippen molar-refractivity contribution in [3.8, 4) is 0 Å². The van der Waals surface area contributed by atoms with E-state index in [-0.39, 0.29) is 17.4 Å². The summed E-state index contributed by atoms with van der Waals surface area (Å²) in [6.07, 6.45) is -1.18. The van der Waals surface area contributed by atoms with Gasteiger partial charge in [-0.1, -0.05) is 0 Å². The van der Waals surface area contributed by atoms with Crippen LogP contribution in [-0.2, 0) is 9.47 Å². The monoisotopic (exact) mass is 269 g/mol. The number of methoxy groups -OCH3 is 1. The highest BCUT2D eigenvalue weighted by Gasteiger charge is 2.19. The molecule has 0 radical (unpaired) electrons. The first-order valence-corrected chi connectivity index (χ1v) is 5.71. The molecular weight excluding hydrogens is 253 g/mol. The second-order valence-electron chi connectivity index (χ2n) is 4.24. The fraction of sp³-hybridized carbons (Fsp3) is 0.385. The molecule has 1 aromatic carbocycles. The molecule has 1 aromatic rings. The van der Waals surface area contributed by atoms with Crippen LogP contribution < -0.4 is 5.32 Å². The molecule has 0 fully saturated rings. The average Bonchev–Trinajstić information content (AvgIpc) is 2.30. The summed E-state index contributed by atoms with van der Waals surface area (Å²) in [5.41, 5.74) is 0.240. The first-order valence-electron chi connectivity index (χ1n) is 5.71. The molecule has 0 aromatic heterocycles. The molecule has 0 atom stereocenters. The van der Waals surface area contributed by atoms with Crippen LogP contribution in [0.3, 0.4) is 0 Å². The third-order valence-corrected chi connectivity index (χ3v) is 2.21. The minimum atomic E-state index is -0.831. The van der Waals surface area contributed by atoms with Gasteiger partial charge in [0, 0.05) is 0 Å². The van der Waals surface area contributed by atoms with Crippen molar-refractivity contribution in [3.05, 3.63) is 29.1 Å². The van der Waals surface area contributed by atoms with Gasteiger partial charge in [0.25, 0.3) is 0 Å². The van der Waals surface area contributed by atoms with Crippen LogP contribution in [0, 0.1) is 12.7 Å². The van der Waals surface area contributed by atoms with Crippen LogP contribution in [0.4, 0.5) is 14.9 Å². The number of amides is 1. The van der Waals surface area contributed by atoms with Crippen molar-refractivity contribution in [3.63, 3.8) is 0 Å². The number of benzene rings is 1. The Morgan fingerprint density at radius 2 is 1.95 bits per heavy atom. The van der Waals surface area contributed by atoms with Gasteiger partial charge in [-0.15, -0.1) is 0 Å². The lowest BCUT2D eigenvalue weighted by atomic mass is 10.1. The second-order valence-corrected chi connectivity index (χ2v) is 4.24. The summed E-state index contributed by atoms with van der Waals surface area (Å²) in [5.74, 6) is -1.46. The minimum absolute atomic E-state index is 0.0549. The molecule has 1 rings (SSSR count). The van der Waals surface area contributed by atoms with E-state index in [4.69, 9.17) is 4.74 Å². The first-order chi connectivity index (χ1) is 8.85. The summed E-state index contributed by atoms with van der Waals surface area (Å²) in [7, 11) is 1.18. The van der Waals surface area contributed by atoms with Gasteiger partial charge in [0.05, 0.1) is 24.5 Å². The van der Waals surface area contributed by atoms with Gasteiger partial charge in [0.1, 0.15) is 5.82 Å². The van der Waals surface area contributed by atoms with Gasteiger partial charge in [-0.2, -0.15) is 0 Å². The fourth-order valence-corrected chi connectivity index (χ4v) is 1.49. The number of esters is 1. The Balaban J connectivity index is 3.11. The predicted octanol–water partition coefficient (Wildman–Crippen LogP) is 2.88. The molecule has 104 valence electrons. The molecule has 0 heterocycles. The molecule has 0 aliphatic heterocycles. The Labute approximate surface area is 110 Å². The molecule has 0 aliphatic carbocycles. The van der Waals surface area contributed by atoms with Gasteiger partial charge in [-0.25, -0.2) is 14.0 Å². The minimum Gasteiger partial charge on any atom is -0.465 e. The molecule has 0 spiro atoms. The molecular formula is C13H16FNO4. The van der Waals surface area contributed by atoms with Crippen LogP contribution in [0.1, 0.15) is 29.8 Å². The van der Waals surface area contributed by atoms with Crippen LogP contribution >= 0.6 is 0 Å². The molecule has 0 saturated heterocycles. The maximum absolute atomic E-state index is 13.8. The Kier molecular flexibility index (Phi) is 4.86. The van der Waals surface area contributed by atoms with Gasteiger partial charge in [-0.3, -0.25) is 5.32 Å². The highest BCUT2D eigenvalue weighted by molar-refractivity contribution is 6.00. The van der Waals surface area contributed by atoms with Crippen LogP contribution in [0.25, 0.3) is 0 Å². The van der Waals surface area contributed by atoms with E-state index in [1.807, 2.05) is 0 Å². The number of nitrogens with one attached hydrogen (secondary N) is 1. The Bertz CT molecular complexity index is 500. The van der Waals surface area contributed by atoms with Gasteiger partial charge in [0.15, 0.2) is 0 Å². The van der Waals surface area contributed by atoms with Crippen molar-refractivity contribution in [1.29, 1.82) is 0 Å². The normalized spacial score (nSPS) is 10.2. The number of hydrogen-bond acceptors (Lipinski definition) is 4. The van der Waals surface area contributed by atoms with E-state index in [0.29, 0.717) is 5.56 Å². The van der Waals surface area contributed by atoms with Gasteiger partial charge in [-0.05, 0) is 38.5 Å². The lowest BCUT2D eigenvalue weighted by molar-refractivity contribution is 0.0601. The topological polar surface area (TPSA) is 64.6 Å². The summed E-state index contributed by atoms with van der Waals surface area (Å²) in [6.45, 7) is 4.95. The predicted molar refractivity (Wildman–Crippen MR) is 67.7 cm³/mol. The lowest BCUT2D eigenvalue weighted by Gasteiger charge is -2.13. The number of ether oxygens (including phenoxy) is 2. The van der Waals surface area contributed by atoms with E-state index in [0.717, 1.165) is 0 Å². The average molecular weight is 269 g/mol. The maximum atomic E-state index is 13.8. The summed E-state index contributed by atoms with van der Waals surface area (Å²) in [4.78, 5) is 23.0. The number of aryl methyl sites for hydroxylation is 1. The molecule has 5 nitrogen and oxygen atoms in total. The standard InChI is InChI=1S/C13H16FNO4/c1-7(2)19-13(17)15-11-9(12(16)18-4)5-8(3)6-10(11)14/h5-7H,1-4H3,(H,15,17). The number of rotatable bonds is 3. The van der Waals surface area contributed by atoms with Gasteiger partial charge in [0.2, 0.25) is 0 Å².